The van der Waals surface area contributed by atoms with Gasteiger partial charge in [-0.1, -0.05) is 85.0 Å². The zero-order chi connectivity index (χ0) is 17.4. The molecule has 0 aromatic heterocycles. The molecule has 2 aromatic rings. The normalized spacial score (nSPS) is 16.7. The van der Waals surface area contributed by atoms with Gasteiger partial charge in [0.25, 0.3) is 0 Å². The SMILES string of the molecule is COC[C@H](NCCC1(c2ccccc2)C=CCC=C1)c1ccccc1. The summed E-state index contributed by atoms with van der Waals surface area (Å²) in [6, 6.07) is 21.5. The minimum Gasteiger partial charge on any atom is -0.383 e. The van der Waals surface area contributed by atoms with Gasteiger partial charge in [-0.2, -0.15) is 0 Å². The molecule has 2 nitrogen and oxygen atoms in total. The van der Waals surface area contributed by atoms with Crippen molar-refractivity contribution in [3.63, 3.8) is 0 Å². The number of benzene rings is 2. The molecule has 1 aliphatic carbocycles. The molecule has 130 valence electrons. The van der Waals surface area contributed by atoms with Gasteiger partial charge in [0, 0.05) is 12.5 Å². The van der Waals surface area contributed by atoms with Gasteiger partial charge in [-0.3, -0.25) is 0 Å². The molecule has 2 aromatic carbocycles. The minimum absolute atomic E-state index is 0.0131. The van der Waals surface area contributed by atoms with E-state index in [0.717, 1.165) is 19.4 Å². The predicted molar refractivity (Wildman–Crippen MR) is 105 cm³/mol. The van der Waals surface area contributed by atoms with Crippen molar-refractivity contribution in [2.24, 2.45) is 0 Å². The highest BCUT2D eigenvalue weighted by Crippen LogP contribution is 2.34. The number of rotatable bonds is 8. The van der Waals surface area contributed by atoms with Crippen molar-refractivity contribution in [3.05, 3.63) is 96.1 Å². The molecular formula is C23H27NO. The number of hydrogen-bond acceptors (Lipinski definition) is 2. The quantitative estimate of drug-likeness (QED) is 0.700. The fraction of sp³-hybridized carbons (Fsp3) is 0.304. The van der Waals surface area contributed by atoms with Gasteiger partial charge in [0.2, 0.25) is 0 Å². The Kier molecular flexibility index (Phi) is 6.21. The molecule has 1 N–H and O–H groups in total. The van der Waals surface area contributed by atoms with Crippen molar-refractivity contribution in [1.82, 2.24) is 5.32 Å². The van der Waals surface area contributed by atoms with Crippen molar-refractivity contribution in [3.8, 4) is 0 Å². The Labute approximate surface area is 151 Å². The maximum absolute atomic E-state index is 5.42. The number of methoxy groups -OCH3 is 1. The first-order chi connectivity index (χ1) is 12.3. The molecule has 1 atom stereocenters. The van der Waals surface area contributed by atoms with Crippen LogP contribution in [0.15, 0.2) is 85.0 Å². The highest BCUT2D eigenvalue weighted by atomic mass is 16.5. The lowest BCUT2D eigenvalue weighted by atomic mass is 9.75. The van der Waals surface area contributed by atoms with Crippen LogP contribution in [0.25, 0.3) is 0 Å². The molecule has 0 spiro atoms. The largest absolute Gasteiger partial charge is 0.383 e. The van der Waals surface area contributed by atoms with E-state index in [1.54, 1.807) is 7.11 Å². The zero-order valence-electron chi connectivity index (χ0n) is 14.9. The molecule has 0 bridgehead atoms. The van der Waals surface area contributed by atoms with Gasteiger partial charge in [-0.15, -0.1) is 0 Å². The third-order valence-electron chi connectivity index (χ3n) is 4.88. The lowest BCUT2D eigenvalue weighted by molar-refractivity contribution is 0.166. The van der Waals surface area contributed by atoms with E-state index >= 15 is 0 Å². The molecular weight excluding hydrogens is 306 g/mol. The van der Waals surface area contributed by atoms with E-state index in [9.17, 15) is 0 Å². The summed E-state index contributed by atoms with van der Waals surface area (Å²) < 4.78 is 5.42. The minimum atomic E-state index is -0.0131. The second-order valence-electron chi connectivity index (χ2n) is 6.57. The topological polar surface area (TPSA) is 21.3 Å². The maximum Gasteiger partial charge on any atom is 0.0657 e. The van der Waals surface area contributed by atoms with E-state index in [1.165, 1.54) is 11.1 Å². The first kappa shape index (κ1) is 17.7. The fourth-order valence-electron chi connectivity index (χ4n) is 3.52. The van der Waals surface area contributed by atoms with Crippen LogP contribution < -0.4 is 5.32 Å². The van der Waals surface area contributed by atoms with E-state index in [0.29, 0.717) is 6.61 Å². The first-order valence-electron chi connectivity index (χ1n) is 9.02. The monoisotopic (exact) mass is 333 g/mol. The number of hydrogen-bond donors (Lipinski definition) is 1. The van der Waals surface area contributed by atoms with Crippen LogP contribution in [-0.4, -0.2) is 20.3 Å². The van der Waals surface area contributed by atoms with Gasteiger partial charge in [0.1, 0.15) is 0 Å². The molecule has 0 radical (unpaired) electrons. The van der Waals surface area contributed by atoms with E-state index in [4.69, 9.17) is 4.74 Å². The van der Waals surface area contributed by atoms with Crippen LogP contribution in [0.2, 0.25) is 0 Å². The smallest absolute Gasteiger partial charge is 0.0657 e. The Morgan fingerprint density at radius 3 is 2.24 bits per heavy atom. The Balaban J connectivity index is 1.70. The van der Waals surface area contributed by atoms with Gasteiger partial charge >= 0.3 is 0 Å². The number of allylic oxidation sites excluding steroid dienone is 4. The Bertz CT molecular complexity index is 679. The molecule has 0 unspecified atom stereocenters. The molecule has 0 saturated carbocycles. The molecule has 0 amide bonds. The summed E-state index contributed by atoms with van der Waals surface area (Å²) in [5.41, 5.74) is 2.61. The summed E-state index contributed by atoms with van der Waals surface area (Å²) in [6.07, 6.45) is 11.3. The van der Waals surface area contributed by atoms with Crippen molar-refractivity contribution in [1.29, 1.82) is 0 Å². The van der Waals surface area contributed by atoms with Crippen molar-refractivity contribution in [2.75, 3.05) is 20.3 Å². The summed E-state index contributed by atoms with van der Waals surface area (Å²) in [6.45, 7) is 1.60. The fourth-order valence-corrected chi connectivity index (χ4v) is 3.52. The highest BCUT2D eigenvalue weighted by Gasteiger charge is 2.27. The van der Waals surface area contributed by atoms with Crippen LogP contribution in [0.4, 0.5) is 0 Å². The molecule has 3 rings (SSSR count). The van der Waals surface area contributed by atoms with Crippen LogP contribution in [0.5, 0.6) is 0 Å². The lowest BCUT2D eigenvalue weighted by Crippen LogP contribution is -2.32. The van der Waals surface area contributed by atoms with Gasteiger partial charge in [-0.05, 0) is 30.5 Å². The molecule has 2 heteroatoms. The summed E-state index contributed by atoms with van der Waals surface area (Å²) in [5, 5.41) is 3.69. The lowest BCUT2D eigenvalue weighted by Gasteiger charge is -2.31. The maximum atomic E-state index is 5.42. The van der Waals surface area contributed by atoms with E-state index in [-0.39, 0.29) is 11.5 Å². The third kappa shape index (κ3) is 4.47. The van der Waals surface area contributed by atoms with E-state index in [2.05, 4.69) is 90.3 Å². The summed E-state index contributed by atoms with van der Waals surface area (Å²) in [4.78, 5) is 0. The van der Waals surface area contributed by atoms with Crippen LogP contribution in [0, 0.1) is 0 Å². The van der Waals surface area contributed by atoms with Crippen LogP contribution in [0.3, 0.4) is 0 Å². The molecule has 25 heavy (non-hydrogen) atoms. The molecule has 0 heterocycles. The number of nitrogens with one attached hydrogen (secondary N) is 1. The Hall–Kier alpha value is -2.16. The average molecular weight is 333 g/mol. The van der Waals surface area contributed by atoms with Crippen LogP contribution in [0.1, 0.15) is 30.0 Å². The van der Waals surface area contributed by atoms with Gasteiger partial charge in [0.15, 0.2) is 0 Å². The zero-order valence-corrected chi connectivity index (χ0v) is 14.9. The van der Waals surface area contributed by atoms with Gasteiger partial charge in [0.05, 0.1) is 12.6 Å². The summed E-state index contributed by atoms with van der Waals surface area (Å²) in [7, 11) is 1.76. The first-order valence-corrected chi connectivity index (χ1v) is 9.02. The molecule has 1 aliphatic rings. The van der Waals surface area contributed by atoms with Crippen molar-refractivity contribution < 1.29 is 4.74 Å². The molecule has 0 fully saturated rings. The summed E-state index contributed by atoms with van der Waals surface area (Å²) >= 11 is 0. The Morgan fingerprint density at radius 2 is 1.60 bits per heavy atom. The van der Waals surface area contributed by atoms with E-state index in [1.807, 2.05) is 0 Å². The van der Waals surface area contributed by atoms with Crippen LogP contribution in [-0.2, 0) is 10.2 Å². The van der Waals surface area contributed by atoms with Gasteiger partial charge < -0.3 is 10.1 Å². The number of ether oxygens (including phenoxy) is 1. The van der Waals surface area contributed by atoms with Gasteiger partial charge in [-0.25, -0.2) is 0 Å². The molecule has 0 saturated heterocycles. The second-order valence-corrected chi connectivity index (χ2v) is 6.57. The summed E-state index contributed by atoms with van der Waals surface area (Å²) in [5.74, 6) is 0. The average Bonchev–Trinajstić information content (AvgIpc) is 2.69. The van der Waals surface area contributed by atoms with Crippen LogP contribution >= 0.6 is 0 Å². The molecule has 0 aliphatic heterocycles. The highest BCUT2D eigenvalue weighted by molar-refractivity contribution is 5.39. The Morgan fingerprint density at radius 1 is 0.960 bits per heavy atom. The predicted octanol–water partition coefficient (Wildman–Crippen LogP) is 4.81. The van der Waals surface area contributed by atoms with E-state index < -0.39 is 0 Å². The van der Waals surface area contributed by atoms with Crippen molar-refractivity contribution in [2.45, 2.75) is 24.3 Å². The standard InChI is InChI=1S/C23H27NO/c1-25-19-22(20-11-5-2-6-12-20)24-18-17-23(15-9-4-10-16-23)21-13-7-3-8-14-21/h2-3,5-16,22,24H,4,17-19H2,1H3/t22-/m0/s1. The second kappa shape index (κ2) is 8.80. The van der Waals surface area contributed by atoms with Crippen molar-refractivity contribution >= 4 is 0 Å². The third-order valence-corrected chi connectivity index (χ3v) is 4.88.